The summed E-state index contributed by atoms with van der Waals surface area (Å²) in [4.78, 5) is 12.6. The summed E-state index contributed by atoms with van der Waals surface area (Å²) in [5, 5.41) is 55.9. The van der Waals surface area contributed by atoms with E-state index in [4.69, 9.17) is 19.9 Å². The summed E-state index contributed by atoms with van der Waals surface area (Å²) in [5.74, 6) is -0.634. The van der Waals surface area contributed by atoms with E-state index in [1.165, 1.54) is 0 Å². The van der Waals surface area contributed by atoms with Crippen molar-refractivity contribution in [2.45, 2.75) is 62.4 Å². The molecular weight excluding hydrogens is 482 g/mol. The molecule has 0 saturated carbocycles. The molecule has 0 aromatic heterocycles. The van der Waals surface area contributed by atoms with Crippen molar-refractivity contribution in [1.29, 1.82) is 0 Å². The first kappa shape index (κ1) is 25.7. The predicted octanol–water partition coefficient (Wildman–Crippen LogP) is 1.53. The largest absolute Gasteiger partial charge is 0.507 e. The van der Waals surface area contributed by atoms with Gasteiger partial charge in [-0.25, -0.2) is 0 Å². The maximum absolute atomic E-state index is 12.6. The van der Waals surface area contributed by atoms with Gasteiger partial charge in [0.25, 0.3) is 0 Å². The number of ketones is 1. The number of nitrogens with two attached hydrogens (primary N) is 1. The van der Waals surface area contributed by atoms with Crippen molar-refractivity contribution in [3.05, 3.63) is 41.5 Å². The molecular formula is C27H31NO9. The lowest BCUT2D eigenvalue weighted by molar-refractivity contribution is -0.247. The maximum Gasteiger partial charge on any atom is 0.190 e. The van der Waals surface area contributed by atoms with Gasteiger partial charge in [-0.15, -0.1) is 0 Å². The topological polar surface area (TPSA) is 172 Å². The molecule has 1 aliphatic carbocycles. The number of fused-ring (bicyclic) bond motifs is 3. The average molecular weight is 514 g/mol. The highest BCUT2D eigenvalue weighted by molar-refractivity contribution is 6.06. The van der Waals surface area contributed by atoms with E-state index in [0.717, 1.165) is 10.8 Å². The number of hydrogen-bond acceptors (Lipinski definition) is 10. The Morgan fingerprint density at radius 3 is 2.59 bits per heavy atom. The van der Waals surface area contributed by atoms with Gasteiger partial charge in [-0.2, -0.15) is 0 Å². The number of hydrogen-bond donors (Lipinski definition) is 6. The lowest BCUT2D eigenvalue weighted by Crippen LogP contribution is -2.52. The van der Waals surface area contributed by atoms with Crippen molar-refractivity contribution in [3.63, 3.8) is 0 Å². The van der Waals surface area contributed by atoms with Crippen molar-refractivity contribution in [3.8, 4) is 17.2 Å². The van der Waals surface area contributed by atoms with Crippen LogP contribution in [-0.2, 0) is 20.7 Å². The number of rotatable bonds is 5. The minimum absolute atomic E-state index is 0.131. The van der Waals surface area contributed by atoms with E-state index in [2.05, 4.69) is 0 Å². The number of aromatic hydroxyl groups is 2. The fourth-order valence-electron chi connectivity index (χ4n) is 5.58. The first-order valence-electron chi connectivity index (χ1n) is 12.2. The molecule has 6 atom stereocenters. The monoisotopic (exact) mass is 513 g/mol. The number of benzene rings is 3. The molecule has 1 heterocycles. The van der Waals surface area contributed by atoms with Crippen LogP contribution in [0.1, 0.15) is 37.0 Å². The second-order valence-corrected chi connectivity index (χ2v) is 9.95. The maximum atomic E-state index is 12.6. The minimum Gasteiger partial charge on any atom is -0.507 e. The molecule has 2 aliphatic rings. The van der Waals surface area contributed by atoms with Crippen molar-refractivity contribution >= 4 is 27.3 Å². The Bertz CT molecular complexity index is 1360. The molecule has 4 unspecified atom stereocenters. The van der Waals surface area contributed by atoms with E-state index in [1.54, 1.807) is 38.3 Å². The molecule has 3 aromatic rings. The molecule has 10 nitrogen and oxygen atoms in total. The van der Waals surface area contributed by atoms with Crippen molar-refractivity contribution in [1.82, 2.24) is 0 Å². The molecule has 1 saturated heterocycles. The zero-order chi connectivity index (χ0) is 26.6. The standard InChI is InChI=1S/C27H31NO9/c1-12-24(31)18(28)8-22(36-12)37-20-10-27(34,21(30)11-29)9-17-23(20)26(33)16-7-14-13(6-15(16)25(17)32)4-3-5-19(14)35-2/h3-7,12,18,20,22,24,29,31-34H,8-11,28H2,1-2H3/t12?,18?,20-,22?,24?,27-/m0/s1. The summed E-state index contributed by atoms with van der Waals surface area (Å²) in [5.41, 5.74) is 4.35. The van der Waals surface area contributed by atoms with Gasteiger partial charge in [-0.1, -0.05) is 12.1 Å². The van der Waals surface area contributed by atoms with Gasteiger partial charge in [0, 0.05) is 52.6 Å². The van der Waals surface area contributed by atoms with Crippen molar-refractivity contribution in [2.75, 3.05) is 13.7 Å². The third kappa shape index (κ3) is 4.19. The fraction of sp³-hybridized carbons (Fsp3) is 0.444. The van der Waals surface area contributed by atoms with E-state index in [9.17, 15) is 30.3 Å². The molecule has 5 rings (SSSR count). The number of methoxy groups -OCH3 is 1. The van der Waals surface area contributed by atoms with E-state index in [-0.39, 0.29) is 41.9 Å². The Hall–Kier alpha value is -2.99. The van der Waals surface area contributed by atoms with Crippen LogP contribution in [0.15, 0.2) is 30.3 Å². The zero-order valence-corrected chi connectivity index (χ0v) is 20.5. The van der Waals surface area contributed by atoms with Crippen LogP contribution >= 0.6 is 0 Å². The summed E-state index contributed by atoms with van der Waals surface area (Å²) in [6, 6.07) is 8.21. The van der Waals surface area contributed by atoms with Gasteiger partial charge in [-0.3, -0.25) is 4.79 Å². The fourth-order valence-corrected chi connectivity index (χ4v) is 5.58. The first-order chi connectivity index (χ1) is 17.6. The van der Waals surface area contributed by atoms with Crippen LogP contribution in [0.5, 0.6) is 17.2 Å². The molecule has 3 aromatic carbocycles. The van der Waals surface area contributed by atoms with Gasteiger partial charge in [0.1, 0.15) is 29.5 Å². The van der Waals surface area contributed by atoms with E-state index in [1.807, 2.05) is 6.07 Å². The van der Waals surface area contributed by atoms with Crippen LogP contribution in [0.25, 0.3) is 21.5 Å². The summed E-state index contributed by atoms with van der Waals surface area (Å²) >= 11 is 0. The second-order valence-electron chi connectivity index (χ2n) is 9.95. The van der Waals surface area contributed by atoms with Crippen LogP contribution < -0.4 is 10.5 Å². The quantitative estimate of drug-likeness (QED) is 0.217. The van der Waals surface area contributed by atoms with Crippen LogP contribution in [0.3, 0.4) is 0 Å². The summed E-state index contributed by atoms with van der Waals surface area (Å²) in [6.07, 6.45) is -4.01. The Morgan fingerprint density at radius 2 is 1.92 bits per heavy atom. The third-order valence-corrected chi connectivity index (χ3v) is 7.62. The number of Topliss-reactive ketones (excluding diaryl/α,β-unsaturated/α-hetero) is 1. The Kier molecular flexibility index (Phi) is 6.51. The zero-order valence-electron chi connectivity index (χ0n) is 20.5. The number of phenols is 2. The smallest absolute Gasteiger partial charge is 0.190 e. The predicted molar refractivity (Wildman–Crippen MR) is 133 cm³/mol. The normalized spacial score (nSPS) is 29.8. The van der Waals surface area contributed by atoms with Gasteiger partial charge in [0.15, 0.2) is 12.1 Å². The molecule has 0 radical (unpaired) electrons. The van der Waals surface area contributed by atoms with Crippen LogP contribution in [0, 0.1) is 0 Å². The lowest BCUT2D eigenvalue weighted by atomic mass is 9.74. The van der Waals surface area contributed by atoms with Gasteiger partial charge in [0.2, 0.25) is 0 Å². The lowest BCUT2D eigenvalue weighted by Gasteiger charge is -2.41. The Balaban J connectivity index is 1.69. The molecule has 0 amide bonds. The van der Waals surface area contributed by atoms with Gasteiger partial charge < -0.3 is 45.5 Å². The number of aliphatic hydroxyl groups excluding tert-OH is 2. The van der Waals surface area contributed by atoms with E-state index < -0.39 is 48.6 Å². The average Bonchev–Trinajstić information content (AvgIpc) is 2.88. The highest BCUT2D eigenvalue weighted by Crippen LogP contribution is 2.51. The second kappa shape index (κ2) is 9.39. The number of aliphatic hydroxyl groups is 3. The molecule has 0 spiro atoms. The first-order valence-corrected chi connectivity index (χ1v) is 12.2. The van der Waals surface area contributed by atoms with Crippen LogP contribution in [-0.4, -0.2) is 75.2 Å². The summed E-state index contributed by atoms with van der Waals surface area (Å²) in [7, 11) is 1.54. The van der Waals surface area contributed by atoms with E-state index >= 15 is 0 Å². The molecule has 0 bridgehead atoms. The van der Waals surface area contributed by atoms with Crippen LogP contribution in [0.2, 0.25) is 0 Å². The van der Waals surface area contributed by atoms with Crippen molar-refractivity contribution < 1.29 is 44.5 Å². The Labute approximate surface area is 212 Å². The number of carbonyl (C=O) groups excluding carboxylic acids is 1. The molecule has 10 heteroatoms. The van der Waals surface area contributed by atoms with Gasteiger partial charge in [-0.05, 0) is 30.5 Å². The van der Waals surface area contributed by atoms with Crippen LogP contribution in [0.4, 0.5) is 0 Å². The molecule has 37 heavy (non-hydrogen) atoms. The summed E-state index contributed by atoms with van der Waals surface area (Å²) in [6.45, 7) is 0.743. The summed E-state index contributed by atoms with van der Waals surface area (Å²) < 4.78 is 17.4. The minimum atomic E-state index is -2.05. The third-order valence-electron chi connectivity index (χ3n) is 7.62. The Morgan fingerprint density at radius 1 is 1.19 bits per heavy atom. The number of phenolic OH excluding ortho intramolecular Hbond substituents is 2. The molecule has 1 fully saturated rings. The van der Waals surface area contributed by atoms with Gasteiger partial charge in [0.05, 0.1) is 25.4 Å². The number of carbonyl (C=O) groups is 1. The highest BCUT2D eigenvalue weighted by Gasteiger charge is 2.47. The molecule has 198 valence electrons. The SMILES string of the molecule is COc1cccc2cc3c(O)c4c(c(O)c3cc12)[C@@H](OC1CC(N)C(O)C(C)O1)C[C@](O)(C(=O)CO)C4. The highest BCUT2D eigenvalue weighted by atomic mass is 16.7. The molecule has 7 N–H and O–H groups in total. The number of ether oxygens (including phenoxy) is 3. The van der Waals surface area contributed by atoms with Crippen molar-refractivity contribution in [2.24, 2.45) is 5.73 Å². The van der Waals surface area contributed by atoms with E-state index in [0.29, 0.717) is 16.5 Å². The molecule has 1 aliphatic heterocycles. The van der Waals surface area contributed by atoms with Gasteiger partial charge >= 0.3 is 0 Å².